The number of halogens is 3. The first-order valence-corrected chi connectivity index (χ1v) is 3.59. The first kappa shape index (κ1) is 9.64. The van der Waals surface area contributed by atoms with Gasteiger partial charge in [-0.05, 0) is 17.7 Å². The molecule has 0 heterocycles. The van der Waals surface area contributed by atoms with Gasteiger partial charge < -0.3 is 5.73 Å². The van der Waals surface area contributed by atoms with Gasteiger partial charge in [-0.2, -0.15) is 13.2 Å². The van der Waals surface area contributed by atoms with E-state index in [-0.39, 0.29) is 6.08 Å². The van der Waals surface area contributed by atoms with Crippen molar-refractivity contribution < 1.29 is 13.2 Å². The van der Waals surface area contributed by atoms with Crippen LogP contribution in [-0.2, 0) is 0 Å². The number of hydrogen-bond donors (Lipinski definition) is 1. The van der Waals surface area contributed by atoms with Crippen LogP contribution in [0.15, 0.2) is 30.3 Å². The smallest absolute Gasteiger partial charge is 0.399 e. The fourth-order valence-electron chi connectivity index (χ4n) is 0.798. The second-order valence-corrected chi connectivity index (χ2v) is 2.54. The van der Waals surface area contributed by atoms with Crippen LogP contribution in [0.1, 0.15) is 5.56 Å². The molecule has 2 N–H and O–H groups in total. The summed E-state index contributed by atoms with van der Waals surface area (Å²) in [7, 11) is 0. The molecule has 0 spiro atoms. The van der Waals surface area contributed by atoms with E-state index in [2.05, 4.69) is 0 Å². The highest BCUT2D eigenvalue weighted by atomic mass is 19.4. The number of nitrogens with two attached hydrogens (primary N) is 1. The Balaban J connectivity index is 2.75. The zero-order valence-corrected chi connectivity index (χ0v) is 6.68. The van der Waals surface area contributed by atoms with Gasteiger partial charge in [-0.1, -0.05) is 18.2 Å². The minimum absolute atomic E-state index is 0.193. The highest BCUT2D eigenvalue weighted by molar-refractivity contribution is 5.53. The zero-order chi connectivity index (χ0) is 9.90. The van der Waals surface area contributed by atoms with Crippen LogP contribution in [0.3, 0.4) is 0 Å². The van der Waals surface area contributed by atoms with E-state index >= 15 is 0 Å². The Kier molecular flexibility index (Phi) is 2.60. The van der Waals surface area contributed by atoms with Gasteiger partial charge >= 0.3 is 6.18 Å². The summed E-state index contributed by atoms with van der Waals surface area (Å²) in [6.07, 6.45) is -3.07. The van der Waals surface area contributed by atoms with Gasteiger partial charge in [-0.25, -0.2) is 0 Å². The summed E-state index contributed by atoms with van der Waals surface area (Å²) in [6.45, 7) is 0. The molecule has 0 amide bonds. The summed E-state index contributed by atoms with van der Waals surface area (Å²) in [4.78, 5) is 0. The van der Waals surface area contributed by atoms with Crippen LogP contribution < -0.4 is 5.73 Å². The van der Waals surface area contributed by atoms with Crippen molar-refractivity contribution in [2.75, 3.05) is 5.73 Å². The molecule has 0 atom stereocenters. The number of benzene rings is 1. The molecule has 0 aliphatic rings. The molecule has 13 heavy (non-hydrogen) atoms. The van der Waals surface area contributed by atoms with Crippen LogP contribution in [0.2, 0.25) is 0 Å². The monoisotopic (exact) mass is 187 g/mol. The van der Waals surface area contributed by atoms with E-state index in [1.54, 1.807) is 12.1 Å². The fraction of sp³-hybridized carbons (Fsp3) is 0.111. The lowest BCUT2D eigenvalue weighted by molar-refractivity contribution is -0.0790. The van der Waals surface area contributed by atoms with E-state index in [1.165, 1.54) is 12.1 Å². The SMILES string of the molecule is Nc1ccc(/C=C/C(F)(F)F)cc1. The average molecular weight is 187 g/mol. The van der Waals surface area contributed by atoms with E-state index in [0.29, 0.717) is 11.3 Å². The molecule has 1 nitrogen and oxygen atoms in total. The minimum atomic E-state index is -4.26. The van der Waals surface area contributed by atoms with Crippen LogP contribution in [0.25, 0.3) is 6.08 Å². The van der Waals surface area contributed by atoms with Crippen molar-refractivity contribution in [2.45, 2.75) is 6.18 Å². The largest absolute Gasteiger partial charge is 0.409 e. The molecule has 4 heteroatoms. The predicted molar refractivity (Wildman–Crippen MR) is 45.9 cm³/mol. The van der Waals surface area contributed by atoms with Crippen LogP contribution >= 0.6 is 0 Å². The quantitative estimate of drug-likeness (QED) is 0.672. The molecule has 0 bridgehead atoms. The third kappa shape index (κ3) is 3.64. The normalized spacial score (nSPS) is 12.2. The van der Waals surface area contributed by atoms with E-state index in [9.17, 15) is 13.2 Å². The van der Waals surface area contributed by atoms with E-state index in [1.807, 2.05) is 0 Å². The molecule has 0 fully saturated rings. The molecule has 0 saturated heterocycles. The van der Waals surface area contributed by atoms with E-state index < -0.39 is 6.18 Å². The number of alkyl halides is 3. The van der Waals surface area contributed by atoms with Crippen molar-refractivity contribution >= 4 is 11.8 Å². The summed E-state index contributed by atoms with van der Waals surface area (Å²) in [5.41, 5.74) is 6.37. The Bertz CT molecular complexity index is 298. The maximum absolute atomic E-state index is 11.7. The third-order valence-corrected chi connectivity index (χ3v) is 1.40. The van der Waals surface area contributed by atoms with Crippen molar-refractivity contribution in [3.63, 3.8) is 0 Å². The van der Waals surface area contributed by atoms with E-state index in [0.717, 1.165) is 6.08 Å². The second kappa shape index (κ2) is 3.51. The standard InChI is InChI=1S/C9H8F3N/c10-9(11,12)6-5-7-1-3-8(13)4-2-7/h1-6H,13H2/b6-5+. The van der Waals surface area contributed by atoms with Gasteiger partial charge in [-0.3, -0.25) is 0 Å². The van der Waals surface area contributed by atoms with Crippen LogP contribution in [0.4, 0.5) is 18.9 Å². The third-order valence-electron chi connectivity index (χ3n) is 1.40. The van der Waals surface area contributed by atoms with Gasteiger partial charge in [0.1, 0.15) is 0 Å². The highest BCUT2D eigenvalue weighted by Crippen LogP contribution is 2.18. The lowest BCUT2D eigenvalue weighted by Crippen LogP contribution is -2.00. The summed E-state index contributed by atoms with van der Waals surface area (Å²) >= 11 is 0. The molecule has 0 aliphatic heterocycles. The molecule has 0 radical (unpaired) electrons. The van der Waals surface area contributed by atoms with Gasteiger partial charge in [0.25, 0.3) is 0 Å². The van der Waals surface area contributed by atoms with Crippen LogP contribution in [0.5, 0.6) is 0 Å². The van der Waals surface area contributed by atoms with Gasteiger partial charge in [0.2, 0.25) is 0 Å². The molecule has 0 saturated carbocycles. The topological polar surface area (TPSA) is 26.0 Å². The number of anilines is 1. The molecule has 0 unspecified atom stereocenters. The summed E-state index contributed by atoms with van der Waals surface area (Å²) in [5, 5.41) is 0. The molecule has 1 aromatic rings. The molecular formula is C9H8F3N. The first-order valence-electron chi connectivity index (χ1n) is 3.59. The van der Waals surface area contributed by atoms with Crippen molar-refractivity contribution in [2.24, 2.45) is 0 Å². The molecule has 1 rings (SSSR count). The highest BCUT2D eigenvalue weighted by Gasteiger charge is 2.21. The molecule has 0 aromatic heterocycles. The molecule has 70 valence electrons. The van der Waals surface area contributed by atoms with E-state index in [4.69, 9.17) is 5.73 Å². The Labute approximate surface area is 73.7 Å². The van der Waals surface area contributed by atoms with Crippen molar-refractivity contribution in [1.29, 1.82) is 0 Å². The first-order chi connectivity index (χ1) is 5.97. The average Bonchev–Trinajstić information content (AvgIpc) is 2.02. The Morgan fingerprint density at radius 1 is 1.08 bits per heavy atom. The number of hydrogen-bond acceptors (Lipinski definition) is 1. The second-order valence-electron chi connectivity index (χ2n) is 2.54. The summed E-state index contributed by atoms with van der Waals surface area (Å²) < 4.78 is 35.1. The van der Waals surface area contributed by atoms with Gasteiger partial charge in [0.05, 0.1) is 0 Å². The van der Waals surface area contributed by atoms with Gasteiger partial charge in [0.15, 0.2) is 0 Å². The molecule has 0 aliphatic carbocycles. The van der Waals surface area contributed by atoms with Crippen molar-refractivity contribution in [3.8, 4) is 0 Å². The van der Waals surface area contributed by atoms with Crippen molar-refractivity contribution in [3.05, 3.63) is 35.9 Å². The lowest BCUT2D eigenvalue weighted by atomic mass is 10.2. The Morgan fingerprint density at radius 3 is 2.08 bits per heavy atom. The number of rotatable bonds is 1. The van der Waals surface area contributed by atoms with Gasteiger partial charge in [-0.15, -0.1) is 0 Å². The summed E-state index contributed by atoms with van der Waals surface area (Å²) in [5.74, 6) is 0. The molecular weight excluding hydrogens is 179 g/mol. The predicted octanol–water partition coefficient (Wildman–Crippen LogP) is 2.84. The number of nitrogen functional groups attached to an aromatic ring is 1. The maximum Gasteiger partial charge on any atom is 0.409 e. The van der Waals surface area contributed by atoms with Crippen molar-refractivity contribution in [1.82, 2.24) is 0 Å². The lowest BCUT2D eigenvalue weighted by Gasteiger charge is -1.98. The Morgan fingerprint density at radius 2 is 1.62 bits per heavy atom. The number of allylic oxidation sites excluding steroid dienone is 1. The Hall–Kier alpha value is -1.45. The van der Waals surface area contributed by atoms with Crippen LogP contribution in [0, 0.1) is 0 Å². The maximum atomic E-state index is 11.7. The zero-order valence-electron chi connectivity index (χ0n) is 6.68. The summed E-state index contributed by atoms with van der Waals surface area (Å²) in [6, 6.07) is 6.15. The molecule has 1 aromatic carbocycles. The van der Waals surface area contributed by atoms with Gasteiger partial charge in [0, 0.05) is 11.8 Å². The fourth-order valence-corrected chi connectivity index (χ4v) is 0.798. The van der Waals surface area contributed by atoms with Crippen LogP contribution in [-0.4, -0.2) is 6.18 Å². The minimum Gasteiger partial charge on any atom is -0.399 e.